The normalized spacial score (nSPS) is 22.4. The van der Waals surface area contributed by atoms with E-state index < -0.39 is 18.1 Å². The van der Waals surface area contributed by atoms with Gasteiger partial charge < -0.3 is 4.74 Å². The second-order valence-corrected chi connectivity index (χ2v) is 8.08. The maximum absolute atomic E-state index is 13.6. The Morgan fingerprint density at radius 2 is 1.56 bits per heavy atom. The number of carbonyl (C=O) groups excluding carboxylic acids is 2. The van der Waals surface area contributed by atoms with Crippen LogP contribution >= 0.6 is 11.6 Å². The second-order valence-electron chi connectivity index (χ2n) is 7.65. The van der Waals surface area contributed by atoms with E-state index in [0.29, 0.717) is 23.1 Å². The molecule has 0 aliphatic carbocycles. The molecule has 0 radical (unpaired) electrons. The van der Waals surface area contributed by atoms with Crippen LogP contribution in [0.2, 0.25) is 5.02 Å². The molecule has 0 unspecified atom stereocenters. The highest BCUT2D eigenvalue weighted by atomic mass is 35.5. The van der Waals surface area contributed by atoms with Crippen molar-refractivity contribution in [3.05, 3.63) is 89.4 Å². The van der Waals surface area contributed by atoms with Crippen LogP contribution in [0.15, 0.2) is 78.9 Å². The minimum absolute atomic E-state index is 0.289. The molecular formula is C25H21ClN2O4. The van der Waals surface area contributed by atoms with Crippen molar-refractivity contribution >= 4 is 34.8 Å². The van der Waals surface area contributed by atoms with Gasteiger partial charge in [-0.25, -0.2) is 9.96 Å². The third-order valence-corrected chi connectivity index (χ3v) is 6.00. The van der Waals surface area contributed by atoms with Crippen molar-refractivity contribution in [2.45, 2.75) is 19.1 Å². The fraction of sp³-hybridized carbons (Fsp3) is 0.200. The highest BCUT2D eigenvalue weighted by Gasteiger charge is 2.60. The lowest BCUT2D eigenvalue weighted by Gasteiger charge is -2.28. The summed E-state index contributed by atoms with van der Waals surface area (Å²) >= 11 is 6.09. The SMILES string of the molecule is CCOc1ccc(N2C(=O)[C@H]3[C@H](ON(c4ccccc4)[C@@H]3c3ccc(Cl)cc3)C2=O)cc1. The number of nitrogens with zero attached hydrogens (tertiary/aromatic N) is 2. The molecule has 6 nitrogen and oxygen atoms in total. The van der Waals surface area contributed by atoms with Crippen LogP contribution in [0.3, 0.4) is 0 Å². The molecule has 2 aliphatic heterocycles. The minimum atomic E-state index is -0.907. The molecule has 7 heteroatoms. The summed E-state index contributed by atoms with van der Waals surface area (Å²) in [7, 11) is 0. The van der Waals surface area contributed by atoms with Crippen LogP contribution in [0.1, 0.15) is 18.5 Å². The Labute approximate surface area is 190 Å². The number of amides is 2. The number of ether oxygens (including phenoxy) is 1. The Bertz CT molecular complexity index is 1130. The average molecular weight is 449 g/mol. The summed E-state index contributed by atoms with van der Waals surface area (Å²) < 4.78 is 5.47. The number of hydrogen-bond donors (Lipinski definition) is 0. The fourth-order valence-corrected chi connectivity index (χ4v) is 4.45. The molecule has 2 amide bonds. The number of para-hydroxylation sites is 1. The number of benzene rings is 3. The van der Waals surface area contributed by atoms with Gasteiger partial charge in [-0.2, -0.15) is 0 Å². The topological polar surface area (TPSA) is 59.1 Å². The minimum Gasteiger partial charge on any atom is -0.494 e. The first-order valence-corrected chi connectivity index (χ1v) is 10.8. The molecule has 162 valence electrons. The number of imide groups is 1. The fourth-order valence-electron chi connectivity index (χ4n) is 4.32. The van der Waals surface area contributed by atoms with Gasteiger partial charge >= 0.3 is 0 Å². The van der Waals surface area contributed by atoms with Gasteiger partial charge in [-0.3, -0.25) is 14.4 Å². The van der Waals surface area contributed by atoms with Crippen molar-refractivity contribution in [3.63, 3.8) is 0 Å². The van der Waals surface area contributed by atoms with Gasteiger partial charge in [0.25, 0.3) is 5.91 Å². The number of halogens is 1. The van der Waals surface area contributed by atoms with E-state index >= 15 is 0 Å². The number of rotatable bonds is 5. The smallest absolute Gasteiger partial charge is 0.266 e. The van der Waals surface area contributed by atoms with Crippen molar-refractivity contribution in [2.75, 3.05) is 16.6 Å². The summed E-state index contributed by atoms with van der Waals surface area (Å²) in [6.07, 6.45) is -0.907. The number of fused-ring (bicyclic) bond motifs is 1. The zero-order chi connectivity index (χ0) is 22.2. The lowest BCUT2D eigenvalue weighted by molar-refractivity contribution is -0.126. The highest BCUT2D eigenvalue weighted by Crippen LogP contribution is 2.47. The van der Waals surface area contributed by atoms with Crippen LogP contribution in [-0.2, 0) is 14.4 Å². The summed E-state index contributed by atoms with van der Waals surface area (Å²) in [4.78, 5) is 34.2. The van der Waals surface area contributed by atoms with Gasteiger partial charge in [-0.1, -0.05) is 41.9 Å². The van der Waals surface area contributed by atoms with E-state index in [1.807, 2.05) is 49.4 Å². The predicted octanol–water partition coefficient (Wildman–Crippen LogP) is 4.79. The Kier molecular flexibility index (Phi) is 5.33. The molecule has 2 saturated heterocycles. The molecule has 3 aromatic carbocycles. The van der Waals surface area contributed by atoms with Crippen LogP contribution in [-0.4, -0.2) is 24.5 Å². The van der Waals surface area contributed by atoms with E-state index in [1.165, 1.54) is 4.90 Å². The maximum Gasteiger partial charge on any atom is 0.266 e. The van der Waals surface area contributed by atoms with Gasteiger partial charge in [0.05, 0.1) is 24.0 Å². The lowest BCUT2D eigenvalue weighted by Crippen LogP contribution is -2.37. The lowest BCUT2D eigenvalue weighted by atomic mass is 9.90. The summed E-state index contributed by atoms with van der Waals surface area (Å²) in [6.45, 7) is 2.44. The molecule has 0 saturated carbocycles. The zero-order valence-corrected chi connectivity index (χ0v) is 18.1. The van der Waals surface area contributed by atoms with Gasteiger partial charge in [0.2, 0.25) is 5.91 Å². The third kappa shape index (κ3) is 3.42. The van der Waals surface area contributed by atoms with Gasteiger partial charge in [-0.15, -0.1) is 0 Å². The monoisotopic (exact) mass is 448 g/mol. The summed E-state index contributed by atoms with van der Waals surface area (Å²) in [5.41, 5.74) is 2.12. The molecule has 2 heterocycles. The molecule has 0 bridgehead atoms. The Hall–Kier alpha value is -3.35. The predicted molar refractivity (Wildman–Crippen MR) is 122 cm³/mol. The van der Waals surface area contributed by atoms with Crippen LogP contribution in [0.25, 0.3) is 0 Å². The Balaban J connectivity index is 1.53. The molecule has 3 atom stereocenters. The van der Waals surface area contributed by atoms with E-state index in [4.69, 9.17) is 21.2 Å². The average Bonchev–Trinajstić information content (AvgIpc) is 3.32. The molecular weight excluding hydrogens is 428 g/mol. The second kappa shape index (κ2) is 8.30. The van der Waals surface area contributed by atoms with E-state index in [0.717, 1.165) is 11.3 Å². The van der Waals surface area contributed by atoms with Gasteiger partial charge in [0.15, 0.2) is 6.10 Å². The Morgan fingerprint density at radius 3 is 2.22 bits per heavy atom. The van der Waals surface area contributed by atoms with Crippen molar-refractivity contribution < 1.29 is 19.2 Å². The van der Waals surface area contributed by atoms with Crippen LogP contribution in [0, 0.1) is 5.92 Å². The first kappa shape index (κ1) is 20.5. The first-order chi connectivity index (χ1) is 15.6. The molecule has 3 aromatic rings. The number of hydroxylamine groups is 1. The van der Waals surface area contributed by atoms with Gasteiger partial charge in [0, 0.05) is 5.02 Å². The Morgan fingerprint density at radius 1 is 0.875 bits per heavy atom. The molecule has 32 heavy (non-hydrogen) atoms. The van der Waals surface area contributed by atoms with Crippen molar-refractivity contribution in [1.29, 1.82) is 0 Å². The summed E-state index contributed by atoms with van der Waals surface area (Å²) in [5.74, 6) is -0.666. The number of carbonyl (C=O) groups is 2. The van der Waals surface area contributed by atoms with Crippen LogP contribution in [0.4, 0.5) is 11.4 Å². The third-order valence-electron chi connectivity index (χ3n) is 5.74. The quantitative estimate of drug-likeness (QED) is 0.525. The van der Waals surface area contributed by atoms with E-state index in [-0.39, 0.29) is 11.8 Å². The highest BCUT2D eigenvalue weighted by molar-refractivity contribution is 6.30. The maximum atomic E-state index is 13.6. The van der Waals surface area contributed by atoms with Crippen molar-refractivity contribution in [2.24, 2.45) is 5.92 Å². The molecule has 0 spiro atoms. The van der Waals surface area contributed by atoms with E-state index in [2.05, 4.69) is 0 Å². The van der Waals surface area contributed by atoms with Crippen LogP contribution < -0.4 is 14.7 Å². The summed E-state index contributed by atoms with van der Waals surface area (Å²) in [5, 5.41) is 2.27. The molecule has 5 rings (SSSR count). The number of hydrogen-bond acceptors (Lipinski definition) is 5. The van der Waals surface area contributed by atoms with Crippen molar-refractivity contribution in [1.82, 2.24) is 0 Å². The van der Waals surface area contributed by atoms with Crippen LogP contribution in [0.5, 0.6) is 5.75 Å². The van der Waals surface area contributed by atoms with Gasteiger partial charge in [0.1, 0.15) is 11.7 Å². The first-order valence-electron chi connectivity index (χ1n) is 10.5. The largest absolute Gasteiger partial charge is 0.494 e. The number of anilines is 2. The van der Waals surface area contributed by atoms with E-state index in [9.17, 15) is 9.59 Å². The zero-order valence-electron chi connectivity index (χ0n) is 17.4. The summed E-state index contributed by atoms with van der Waals surface area (Å²) in [6, 6.07) is 23.2. The molecule has 2 aliphatic rings. The molecule has 0 aromatic heterocycles. The van der Waals surface area contributed by atoms with Crippen molar-refractivity contribution in [3.8, 4) is 5.75 Å². The molecule has 0 N–H and O–H groups in total. The molecule has 2 fully saturated rings. The van der Waals surface area contributed by atoms with E-state index in [1.54, 1.807) is 41.5 Å². The van der Waals surface area contributed by atoms with Gasteiger partial charge in [-0.05, 0) is 61.0 Å². The standard InChI is InChI=1S/C25H21ClN2O4/c1-2-31-20-14-12-18(13-15-20)27-24(29)21-22(16-8-10-17(26)11-9-16)28(32-23(21)25(27)30)19-6-4-3-5-7-19/h3-15,21-23H,2H2,1H3/t21-,22-,23+/m1/s1.